The first-order valence-corrected chi connectivity index (χ1v) is 6.89. The smallest absolute Gasteiger partial charge is 0.0704 e. The van der Waals surface area contributed by atoms with Crippen LogP contribution >= 0.6 is 27.7 Å². The fraction of sp³-hybridized carbons (Fsp3) is 0.700. The third-order valence-electron chi connectivity index (χ3n) is 3.14. The zero-order chi connectivity index (χ0) is 11.1. The normalized spacial score (nSPS) is 28.3. The molecule has 1 aromatic heterocycles. The predicted octanol–water partition coefficient (Wildman–Crippen LogP) is 2.47. The van der Waals surface area contributed by atoms with Crippen LogP contribution in [0, 0.1) is 0 Å². The number of hydrogen-bond acceptors (Lipinski definition) is 3. The molecule has 0 amide bonds. The molecule has 84 valence electrons. The number of rotatable bonds is 2. The van der Waals surface area contributed by atoms with Crippen LogP contribution in [0.5, 0.6) is 0 Å². The van der Waals surface area contributed by atoms with Crippen molar-refractivity contribution in [3.05, 3.63) is 16.4 Å². The fourth-order valence-corrected chi connectivity index (χ4v) is 4.03. The highest BCUT2D eigenvalue weighted by Crippen LogP contribution is 2.46. The van der Waals surface area contributed by atoms with Gasteiger partial charge in [0, 0.05) is 11.8 Å². The molecule has 1 saturated heterocycles. The first kappa shape index (κ1) is 11.5. The van der Waals surface area contributed by atoms with Gasteiger partial charge in [0.05, 0.1) is 22.4 Å². The molecule has 5 heteroatoms. The van der Waals surface area contributed by atoms with Crippen molar-refractivity contribution in [3.63, 3.8) is 0 Å². The molecule has 1 aliphatic rings. The van der Waals surface area contributed by atoms with Gasteiger partial charge < -0.3 is 5.73 Å². The Morgan fingerprint density at radius 1 is 1.73 bits per heavy atom. The summed E-state index contributed by atoms with van der Waals surface area (Å²) in [5.41, 5.74) is 7.47. The van der Waals surface area contributed by atoms with Crippen molar-refractivity contribution >= 4 is 27.7 Å². The molecule has 2 rings (SSSR count). The second-order valence-corrected chi connectivity index (χ2v) is 6.73. The van der Waals surface area contributed by atoms with Gasteiger partial charge in [-0.25, -0.2) is 0 Å². The van der Waals surface area contributed by atoms with Crippen LogP contribution in [-0.4, -0.2) is 20.3 Å². The molecule has 1 aliphatic heterocycles. The van der Waals surface area contributed by atoms with Gasteiger partial charge in [-0.05, 0) is 41.4 Å². The third-order valence-corrected chi connectivity index (χ3v) is 5.36. The maximum atomic E-state index is 6.37. The first-order chi connectivity index (χ1) is 7.04. The lowest BCUT2D eigenvalue weighted by Crippen LogP contribution is -2.34. The van der Waals surface area contributed by atoms with Crippen LogP contribution in [0.25, 0.3) is 0 Å². The monoisotopic (exact) mass is 289 g/mol. The quantitative estimate of drug-likeness (QED) is 0.910. The summed E-state index contributed by atoms with van der Waals surface area (Å²) >= 11 is 5.50. The average Bonchev–Trinajstić information content (AvgIpc) is 2.75. The molecule has 0 aromatic carbocycles. The summed E-state index contributed by atoms with van der Waals surface area (Å²) < 4.78 is 3.06. The highest BCUT2D eigenvalue weighted by molar-refractivity contribution is 9.10. The van der Waals surface area contributed by atoms with Gasteiger partial charge in [-0.3, -0.25) is 4.68 Å². The van der Waals surface area contributed by atoms with E-state index in [1.165, 1.54) is 18.6 Å². The number of nitrogens with zero attached hydrogens (tertiary/aromatic N) is 2. The Balaban J connectivity index is 2.31. The predicted molar refractivity (Wildman–Crippen MR) is 67.9 cm³/mol. The molecular weight excluding hydrogens is 274 g/mol. The highest BCUT2D eigenvalue weighted by Gasteiger charge is 2.38. The summed E-state index contributed by atoms with van der Waals surface area (Å²) in [7, 11) is 1.95. The van der Waals surface area contributed by atoms with Crippen LogP contribution in [0.4, 0.5) is 0 Å². The minimum Gasteiger partial charge on any atom is -0.321 e. The van der Waals surface area contributed by atoms with Gasteiger partial charge in [0.15, 0.2) is 0 Å². The maximum Gasteiger partial charge on any atom is 0.0704 e. The van der Waals surface area contributed by atoms with Crippen LogP contribution in [-0.2, 0) is 7.05 Å². The zero-order valence-electron chi connectivity index (χ0n) is 9.03. The van der Waals surface area contributed by atoms with Gasteiger partial charge in [0.1, 0.15) is 0 Å². The molecule has 2 unspecified atom stereocenters. The molecule has 1 aromatic rings. The van der Waals surface area contributed by atoms with Crippen LogP contribution in [0.1, 0.15) is 31.5 Å². The molecular formula is C10H16BrN3S. The molecule has 2 N–H and O–H groups in total. The van der Waals surface area contributed by atoms with Gasteiger partial charge >= 0.3 is 0 Å². The summed E-state index contributed by atoms with van der Waals surface area (Å²) in [5, 5.41) is 4.22. The Labute approximate surface area is 103 Å². The zero-order valence-corrected chi connectivity index (χ0v) is 11.4. The summed E-state index contributed by atoms with van der Waals surface area (Å²) in [5.74, 6) is 1.22. The summed E-state index contributed by atoms with van der Waals surface area (Å²) in [6, 6.07) is 0.0480. The molecule has 1 fully saturated rings. The second kappa shape index (κ2) is 4.11. The van der Waals surface area contributed by atoms with Gasteiger partial charge in [-0.15, -0.1) is 0 Å². The lowest BCUT2D eigenvalue weighted by atomic mass is 9.94. The summed E-state index contributed by atoms with van der Waals surface area (Å²) in [6.45, 7) is 2.26. The number of thioether (sulfide) groups is 1. The van der Waals surface area contributed by atoms with E-state index in [1.807, 2.05) is 29.7 Å². The van der Waals surface area contributed by atoms with E-state index in [1.54, 1.807) is 0 Å². The number of nitrogens with two attached hydrogens (primary N) is 1. The highest BCUT2D eigenvalue weighted by atomic mass is 79.9. The van der Waals surface area contributed by atoms with Crippen molar-refractivity contribution in [2.24, 2.45) is 12.8 Å². The van der Waals surface area contributed by atoms with Crippen molar-refractivity contribution in [1.29, 1.82) is 0 Å². The largest absolute Gasteiger partial charge is 0.321 e. The molecule has 0 saturated carbocycles. The maximum absolute atomic E-state index is 6.37. The number of aromatic nitrogens is 2. The molecule has 0 bridgehead atoms. The molecule has 3 nitrogen and oxygen atoms in total. The third kappa shape index (κ3) is 1.97. The Bertz CT molecular complexity index is 338. The minimum atomic E-state index is 0.0480. The van der Waals surface area contributed by atoms with Crippen LogP contribution in [0.3, 0.4) is 0 Å². The first-order valence-electron chi connectivity index (χ1n) is 5.11. The van der Waals surface area contributed by atoms with E-state index in [0.29, 0.717) is 0 Å². The van der Waals surface area contributed by atoms with Crippen molar-refractivity contribution in [3.8, 4) is 0 Å². The Kier molecular flexibility index (Phi) is 3.14. The molecule has 2 heterocycles. The van der Waals surface area contributed by atoms with E-state index in [2.05, 4.69) is 28.0 Å². The SMILES string of the molecule is Cn1ncc(Br)c1C(N)C1(C)CCCS1. The van der Waals surface area contributed by atoms with Crippen molar-refractivity contribution < 1.29 is 0 Å². The second-order valence-electron chi connectivity index (χ2n) is 4.24. The van der Waals surface area contributed by atoms with Crippen molar-refractivity contribution in [2.45, 2.75) is 30.6 Å². The lowest BCUT2D eigenvalue weighted by molar-refractivity contribution is 0.472. The minimum absolute atomic E-state index is 0.0480. The van der Waals surface area contributed by atoms with Crippen molar-refractivity contribution in [1.82, 2.24) is 9.78 Å². The van der Waals surface area contributed by atoms with Gasteiger partial charge in [0.25, 0.3) is 0 Å². The van der Waals surface area contributed by atoms with Gasteiger partial charge in [0.2, 0.25) is 0 Å². The van der Waals surface area contributed by atoms with Crippen LogP contribution in [0.15, 0.2) is 10.7 Å². The van der Waals surface area contributed by atoms with Crippen molar-refractivity contribution in [2.75, 3.05) is 5.75 Å². The van der Waals surface area contributed by atoms with Gasteiger partial charge in [-0.2, -0.15) is 16.9 Å². The van der Waals surface area contributed by atoms with Crippen LogP contribution in [0.2, 0.25) is 0 Å². The fourth-order valence-electron chi connectivity index (χ4n) is 2.11. The topological polar surface area (TPSA) is 43.8 Å². The summed E-state index contributed by atoms with van der Waals surface area (Å²) in [4.78, 5) is 0. The van der Waals surface area contributed by atoms with E-state index in [4.69, 9.17) is 5.73 Å². The summed E-state index contributed by atoms with van der Waals surface area (Å²) in [6.07, 6.45) is 4.28. The van der Waals surface area contributed by atoms with E-state index in [-0.39, 0.29) is 10.8 Å². The molecule has 15 heavy (non-hydrogen) atoms. The lowest BCUT2D eigenvalue weighted by Gasteiger charge is -2.30. The Hall–Kier alpha value is -0.0000000000000000555. The van der Waals surface area contributed by atoms with E-state index < -0.39 is 0 Å². The van der Waals surface area contributed by atoms with E-state index in [0.717, 1.165) is 10.2 Å². The standard InChI is InChI=1S/C10H16BrN3S/c1-10(4-3-5-15-10)9(12)8-7(11)6-13-14(8)2/h6,9H,3-5,12H2,1-2H3. The number of aryl methyl sites for hydroxylation is 1. The Morgan fingerprint density at radius 2 is 2.47 bits per heavy atom. The number of hydrogen-bond donors (Lipinski definition) is 1. The molecule has 0 aliphatic carbocycles. The molecule has 2 atom stereocenters. The Morgan fingerprint density at radius 3 is 2.93 bits per heavy atom. The van der Waals surface area contributed by atoms with Gasteiger partial charge in [-0.1, -0.05) is 0 Å². The van der Waals surface area contributed by atoms with E-state index in [9.17, 15) is 0 Å². The molecule has 0 radical (unpaired) electrons. The van der Waals surface area contributed by atoms with E-state index >= 15 is 0 Å². The van der Waals surface area contributed by atoms with Crippen LogP contribution < -0.4 is 5.73 Å². The molecule has 0 spiro atoms. The average molecular weight is 290 g/mol. The number of halogens is 1.